The van der Waals surface area contributed by atoms with Gasteiger partial charge in [0.25, 0.3) is 0 Å². The van der Waals surface area contributed by atoms with Crippen molar-refractivity contribution in [2.75, 3.05) is 18.5 Å². The zero-order chi connectivity index (χ0) is 15.1. The Kier molecular flexibility index (Phi) is 5.16. The van der Waals surface area contributed by atoms with Crippen molar-refractivity contribution in [3.8, 4) is 23.1 Å². The van der Waals surface area contributed by atoms with Gasteiger partial charge in [-0.25, -0.2) is 4.98 Å². The van der Waals surface area contributed by atoms with Crippen LogP contribution in [0.4, 0.5) is 5.82 Å². The van der Waals surface area contributed by atoms with E-state index in [0.717, 1.165) is 36.6 Å². The van der Waals surface area contributed by atoms with Gasteiger partial charge in [0.1, 0.15) is 17.6 Å². The summed E-state index contributed by atoms with van der Waals surface area (Å²) in [5.74, 6) is 1.49. The Balaban J connectivity index is 2.25. The van der Waals surface area contributed by atoms with E-state index in [-0.39, 0.29) is 0 Å². The normalized spacial score (nSPS) is 9.95. The van der Waals surface area contributed by atoms with Gasteiger partial charge in [0.05, 0.1) is 17.9 Å². The van der Waals surface area contributed by atoms with E-state index in [1.165, 1.54) is 0 Å². The highest BCUT2D eigenvalue weighted by Gasteiger charge is 2.06. The van der Waals surface area contributed by atoms with Crippen molar-refractivity contribution in [1.29, 1.82) is 5.26 Å². The lowest BCUT2D eigenvalue weighted by Gasteiger charge is -2.09. The number of nitrogens with one attached hydrogen (secondary N) is 1. The molecule has 2 aromatic rings. The number of nitrogens with zero attached hydrogens (tertiary/aromatic N) is 2. The second-order valence-corrected chi connectivity index (χ2v) is 4.61. The molecule has 1 aromatic carbocycles. The third-order valence-corrected chi connectivity index (χ3v) is 2.98. The molecule has 0 bridgehead atoms. The van der Waals surface area contributed by atoms with Crippen molar-refractivity contribution in [2.24, 2.45) is 0 Å². The Bertz CT molecular complexity index is 629. The molecule has 2 rings (SSSR count). The van der Waals surface area contributed by atoms with Crippen LogP contribution in [0.3, 0.4) is 0 Å². The number of pyridine rings is 1. The number of nitriles is 1. The van der Waals surface area contributed by atoms with Gasteiger partial charge in [-0.2, -0.15) is 5.26 Å². The maximum atomic E-state index is 9.08. The first-order chi connectivity index (χ1) is 10.3. The predicted molar refractivity (Wildman–Crippen MR) is 84.3 cm³/mol. The Hall–Kier alpha value is -2.54. The molecular formula is C17H19N3O. The molecule has 0 aliphatic rings. The van der Waals surface area contributed by atoms with Gasteiger partial charge in [0, 0.05) is 12.1 Å². The summed E-state index contributed by atoms with van der Waals surface area (Å²) in [6.07, 6.45) is 0.991. The van der Waals surface area contributed by atoms with E-state index in [1.54, 1.807) is 6.07 Å². The predicted octanol–water partition coefficient (Wildman–Crippen LogP) is 3.84. The molecule has 1 aromatic heterocycles. The van der Waals surface area contributed by atoms with Crippen LogP contribution >= 0.6 is 0 Å². The number of hydrogen-bond donors (Lipinski definition) is 1. The number of rotatable bonds is 6. The minimum absolute atomic E-state index is 0.559. The zero-order valence-corrected chi connectivity index (χ0v) is 12.4. The molecule has 0 saturated carbocycles. The first-order valence-corrected chi connectivity index (χ1v) is 7.16. The molecule has 1 heterocycles. The lowest BCUT2D eigenvalue weighted by Crippen LogP contribution is -2.02. The van der Waals surface area contributed by atoms with E-state index < -0.39 is 0 Å². The van der Waals surface area contributed by atoms with Crippen LogP contribution in [-0.2, 0) is 0 Å². The van der Waals surface area contributed by atoms with Crippen LogP contribution in [-0.4, -0.2) is 18.1 Å². The van der Waals surface area contributed by atoms with Crippen LogP contribution in [0.2, 0.25) is 0 Å². The molecule has 0 radical (unpaired) electrons. The second kappa shape index (κ2) is 7.30. The van der Waals surface area contributed by atoms with Crippen LogP contribution in [0.5, 0.6) is 5.75 Å². The molecule has 0 unspecified atom stereocenters. The summed E-state index contributed by atoms with van der Waals surface area (Å²) in [7, 11) is 0. The van der Waals surface area contributed by atoms with Gasteiger partial charge in [-0.05, 0) is 49.7 Å². The average Bonchev–Trinajstić information content (AvgIpc) is 2.53. The molecule has 108 valence electrons. The molecule has 21 heavy (non-hydrogen) atoms. The number of hydrogen-bond acceptors (Lipinski definition) is 4. The van der Waals surface area contributed by atoms with E-state index in [9.17, 15) is 0 Å². The summed E-state index contributed by atoms with van der Waals surface area (Å²) in [6.45, 7) is 5.51. The number of aromatic nitrogens is 1. The molecule has 0 fully saturated rings. The van der Waals surface area contributed by atoms with Crippen LogP contribution in [0.1, 0.15) is 25.8 Å². The average molecular weight is 281 g/mol. The smallest absolute Gasteiger partial charge is 0.144 e. The van der Waals surface area contributed by atoms with Gasteiger partial charge in [0.15, 0.2) is 0 Å². The molecule has 4 heteroatoms. The number of ether oxygens (including phenoxy) is 1. The minimum Gasteiger partial charge on any atom is -0.494 e. The minimum atomic E-state index is 0.559. The van der Waals surface area contributed by atoms with Gasteiger partial charge >= 0.3 is 0 Å². The Morgan fingerprint density at radius 2 is 1.90 bits per heavy atom. The fourth-order valence-corrected chi connectivity index (χ4v) is 1.95. The van der Waals surface area contributed by atoms with Gasteiger partial charge in [-0.3, -0.25) is 0 Å². The largest absolute Gasteiger partial charge is 0.494 e. The maximum Gasteiger partial charge on any atom is 0.144 e. The van der Waals surface area contributed by atoms with Crippen LogP contribution in [0.15, 0.2) is 36.4 Å². The molecule has 1 N–H and O–H groups in total. The summed E-state index contributed by atoms with van der Waals surface area (Å²) in [4.78, 5) is 4.52. The number of anilines is 1. The highest BCUT2D eigenvalue weighted by molar-refractivity contribution is 5.65. The fourth-order valence-electron chi connectivity index (χ4n) is 1.95. The van der Waals surface area contributed by atoms with Gasteiger partial charge in [-0.1, -0.05) is 6.92 Å². The Morgan fingerprint density at radius 3 is 2.52 bits per heavy atom. The van der Waals surface area contributed by atoms with Crippen LogP contribution in [0, 0.1) is 11.3 Å². The Labute approximate surface area is 125 Å². The third kappa shape index (κ3) is 3.73. The second-order valence-electron chi connectivity index (χ2n) is 4.61. The standard InChI is InChI=1S/C17H19N3O/c1-3-11-21-15-8-5-13(6-9-15)16-10-7-14(12-18)17(20-16)19-4-2/h5-10H,3-4,11H2,1-2H3,(H,19,20). The van der Waals surface area contributed by atoms with Gasteiger partial charge < -0.3 is 10.1 Å². The van der Waals surface area contributed by atoms with Crippen molar-refractivity contribution in [3.63, 3.8) is 0 Å². The molecule has 4 nitrogen and oxygen atoms in total. The summed E-state index contributed by atoms with van der Waals surface area (Å²) >= 11 is 0. The van der Waals surface area contributed by atoms with E-state index >= 15 is 0 Å². The van der Waals surface area contributed by atoms with Crippen LogP contribution in [0.25, 0.3) is 11.3 Å². The van der Waals surface area contributed by atoms with E-state index in [0.29, 0.717) is 11.4 Å². The molecule has 0 spiro atoms. The fraction of sp³-hybridized carbons (Fsp3) is 0.294. The molecule has 0 amide bonds. The summed E-state index contributed by atoms with van der Waals surface area (Å²) < 4.78 is 5.57. The monoisotopic (exact) mass is 281 g/mol. The summed E-state index contributed by atoms with van der Waals surface area (Å²) in [5, 5.41) is 12.2. The quantitative estimate of drug-likeness (QED) is 0.874. The van der Waals surface area contributed by atoms with Gasteiger partial charge in [0.2, 0.25) is 0 Å². The lowest BCUT2D eigenvalue weighted by molar-refractivity contribution is 0.317. The van der Waals surface area contributed by atoms with Crippen molar-refractivity contribution >= 4 is 5.82 Å². The first-order valence-electron chi connectivity index (χ1n) is 7.16. The lowest BCUT2D eigenvalue weighted by atomic mass is 10.1. The summed E-state index contributed by atoms with van der Waals surface area (Å²) in [5.41, 5.74) is 2.40. The van der Waals surface area contributed by atoms with Crippen molar-refractivity contribution in [1.82, 2.24) is 4.98 Å². The highest BCUT2D eigenvalue weighted by atomic mass is 16.5. The number of benzene rings is 1. The zero-order valence-electron chi connectivity index (χ0n) is 12.4. The van der Waals surface area contributed by atoms with Crippen molar-refractivity contribution in [2.45, 2.75) is 20.3 Å². The Morgan fingerprint density at radius 1 is 1.14 bits per heavy atom. The van der Waals surface area contributed by atoms with Gasteiger partial charge in [-0.15, -0.1) is 0 Å². The maximum absolute atomic E-state index is 9.08. The molecule has 0 aliphatic carbocycles. The summed E-state index contributed by atoms with van der Waals surface area (Å²) in [6, 6.07) is 13.6. The first kappa shape index (κ1) is 14.9. The molecule has 0 saturated heterocycles. The third-order valence-electron chi connectivity index (χ3n) is 2.98. The molecular weight excluding hydrogens is 262 g/mol. The van der Waals surface area contributed by atoms with E-state index in [1.807, 2.05) is 37.3 Å². The highest BCUT2D eigenvalue weighted by Crippen LogP contribution is 2.23. The van der Waals surface area contributed by atoms with Crippen LogP contribution < -0.4 is 10.1 Å². The molecule has 0 aliphatic heterocycles. The van der Waals surface area contributed by atoms with Crippen molar-refractivity contribution in [3.05, 3.63) is 42.0 Å². The topological polar surface area (TPSA) is 57.9 Å². The molecule has 0 atom stereocenters. The van der Waals surface area contributed by atoms with Crippen molar-refractivity contribution < 1.29 is 4.74 Å². The SMILES string of the molecule is CCCOc1ccc(-c2ccc(C#N)c(NCC)n2)cc1. The van der Waals surface area contributed by atoms with E-state index in [4.69, 9.17) is 10.00 Å². The van der Waals surface area contributed by atoms with E-state index in [2.05, 4.69) is 23.3 Å².